The lowest BCUT2D eigenvalue weighted by Crippen LogP contribution is -2.61. The highest BCUT2D eigenvalue weighted by molar-refractivity contribution is 7.80. The molecule has 0 bridgehead atoms. The molecule has 0 aromatic carbocycles. The zero-order valence-corrected chi connectivity index (χ0v) is 12.6. The summed E-state index contributed by atoms with van der Waals surface area (Å²) in [5, 5.41) is 2.76. The minimum Gasteiger partial charge on any atom is -0.391 e. The number of rotatable bonds is 6. The molecular weight excluding hydrogens is 307 g/mol. The molecule has 0 atom stereocenters. The first-order chi connectivity index (χ1) is 9.65. The second kappa shape index (κ2) is 7.37. The van der Waals surface area contributed by atoms with Gasteiger partial charge in [0.2, 0.25) is 5.91 Å². The number of carbonyl (C=O) groups is 1. The summed E-state index contributed by atoms with van der Waals surface area (Å²) >= 11 is 5.03. The molecule has 0 saturated carbocycles. The fourth-order valence-corrected chi connectivity index (χ4v) is 2.37. The summed E-state index contributed by atoms with van der Waals surface area (Å²) in [5.74, 6) is -0.408. The van der Waals surface area contributed by atoms with Crippen molar-refractivity contribution in [3.8, 4) is 0 Å². The van der Waals surface area contributed by atoms with Crippen LogP contribution in [0.4, 0.5) is 13.2 Å². The molecule has 1 aliphatic rings. The molecule has 1 fully saturated rings. The number of thiocarbonyl (C=S) groups is 1. The van der Waals surface area contributed by atoms with Crippen LogP contribution in [-0.2, 0) is 9.53 Å². The highest BCUT2D eigenvalue weighted by Gasteiger charge is 2.37. The van der Waals surface area contributed by atoms with E-state index in [4.69, 9.17) is 18.0 Å². The summed E-state index contributed by atoms with van der Waals surface area (Å²) in [5.41, 5.74) is 4.98. The Morgan fingerprint density at radius 3 is 2.48 bits per heavy atom. The van der Waals surface area contributed by atoms with Gasteiger partial charge in [-0.15, -0.1) is 0 Å². The Morgan fingerprint density at radius 2 is 2.00 bits per heavy atom. The van der Waals surface area contributed by atoms with Gasteiger partial charge in [-0.3, -0.25) is 4.79 Å². The first-order valence-corrected chi connectivity index (χ1v) is 6.99. The highest BCUT2D eigenvalue weighted by Crippen LogP contribution is 2.22. The first kappa shape index (κ1) is 18.1. The smallest absolute Gasteiger partial charge is 0.391 e. The van der Waals surface area contributed by atoms with Crippen molar-refractivity contribution in [3.63, 3.8) is 0 Å². The quantitative estimate of drug-likeness (QED) is 0.558. The minimum atomic E-state index is -4.38. The van der Waals surface area contributed by atoms with Crippen LogP contribution in [0.3, 0.4) is 0 Å². The Kier molecular flexibility index (Phi) is 6.36. The van der Waals surface area contributed by atoms with E-state index in [1.165, 1.54) is 0 Å². The number of halogens is 3. The average molecular weight is 327 g/mol. The molecule has 9 heteroatoms. The summed E-state index contributed by atoms with van der Waals surface area (Å²) in [6.07, 6.45) is -3.36. The third kappa shape index (κ3) is 6.15. The lowest BCUT2D eigenvalue weighted by molar-refractivity contribution is -0.174. The standard InChI is InChI=1S/C12H20F3N3O2S/c1-18-5-3-11(4-6-18,10(16)21)17-9(19)2-7-20-8-12(13,14)15/h2-8H2,1H3,(H2,16,21)(H,17,19). The Bertz CT molecular complexity index is 382. The Balaban J connectivity index is 2.42. The minimum absolute atomic E-state index is 0.156. The number of ether oxygens (including phenoxy) is 1. The number of likely N-dealkylation sites (tertiary alicyclic amines) is 1. The number of nitrogens with zero attached hydrogens (tertiary/aromatic N) is 1. The second-order valence-corrected chi connectivity index (χ2v) is 5.66. The molecule has 0 unspecified atom stereocenters. The van der Waals surface area contributed by atoms with E-state index in [2.05, 4.69) is 15.0 Å². The van der Waals surface area contributed by atoms with Crippen LogP contribution in [0.1, 0.15) is 19.3 Å². The van der Waals surface area contributed by atoms with Gasteiger partial charge in [0.1, 0.15) is 6.61 Å². The van der Waals surface area contributed by atoms with E-state index < -0.39 is 24.2 Å². The van der Waals surface area contributed by atoms with E-state index in [1.807, 2.05) is 7.05 Å². The lowest BCUT2D eigenvalue weighted by atomic mass is 9.87. The molecule has 122 valence electrons. The van der Waals surface area contributed by atoms with Crippen LogP contribution < -0.4 is 11.1 Å². The summed E-state index contributed by atoms with van der Waals surface area (Å²) < 4.78 is 40.1. The van der Waals surface area contributed by atoms with Crippen molar-refractivity contribution >= 4 is 23.1 Å². The molecule has 0 radical (unpaired) electrons. The average Bonchev–Trinajstić information content (AvgIpc) is 2.36. The number of alkyl halides is 3. The summed E-state index contributed by atoms with van der Waals surface area (Å²) in [7, 11) is 1.95. The van der Waals surface area contributed by atoms with Crippen LogP contribution in [0.25, 0.3) is 0 Å². The fourth-order valence-electron chi connectivity index (χ4n) is 2.12. The van der Waals surface area contributed by atoms with Crippen LogP contribution in [-0.4, -0.2) is 60.9 Å². The zero-order chi connectivity index (χ0) is 16.1. The lowest BCUT2D eigenvalue weighted by Gasteiger charge is -2.40. The highest BCUT2D eigenvalue weighted by atomic mass is 32.1. The van der Waals surface area contributed by atoms with E-state index in [1.54, 1.807) is 0 Å². The van der Waals surface area contributed by atoms with Gasteiger partial charge in [0.15, 0.2) is 0 Å². The summed E-state index contributed by atoms with van der Waals surface area (Å²) in [4.78, 5) is 14.1. The van der Waals surface area contributed by atoms with Gasteiger partial charge in [0, 0.05) is 19.5 Å². The van der Waals surface area contributed by atoms with Crippen LogP contribution in [0.2, 0.25) is 0 Å². The maximum Gasteiger partial charge on any atom is 0.411 e. The number of hydrogen-bond donors (Lipinski definition) is 2. The van der Waals surface area contributed by atoms with E-state index in [0.717, 1.165) is 13.1 Å². The predicted octanol–water partition coefficient (Wildman–Crippen LogP) is 0.822. The van der Waals surface area contributed by atoms with Gasteiger partial charge >= 0.3 is 6.18 Å². The Labute approximate surface area is 127 Å². The van der Waals surface area contributed by atoms with Crippen LogP contribution in [0, 0.1) is 0 Å². The SMILES string of the molecule is CN1CCC(NC(=O)CCOCC(F)(F)F)(C(N)=S)CC1. The van der Waals surface area contributed by atoms with E-state index in [-0.39, 0.29) is 18.0 Å². The molecule has 21 heavy (non-hydrogen) atoms. The normalized spacial score (nSPS) is 19.2. The largest absolute Gasteiger partial charge is 0.411 e. The van der Waals surface area contributed by atoms with Gasteiger partial charge in [0.05, 0.1) is 17.1 Å². The van der Waals surface area contributed by atoms with Crippen LogP contribution in [0.5, 0.6) is 0 Å². The monoisotopic (exact) mass is 327 g/mol. The number of carbonyl (C=O) groups excluding carboxylic acids is 1. The molecule has 1 aliphatic heterocycles. The molecule has 3 N–H and O–H groups in total. The number of amides is 1. The topological polar surface area (TPSA) is 67.6 Å². The number of nitrogens with two attached hydrogens (primary N) is 1. The van der Waals surface area contributed by atoms with E-state index in [9.17, 15) is 18.0 Å². The molecule has 1 saturated heterocycles. The summed E-state index contributed by atoms with van der Waals surface area (Å²) in [6.45, 7) is -0.172. The van der Waals surface area contributed by atoms with Crippen molar-refractivity contribution in [1.29, 1.82) is 0 Å². The van der Waals surface area contributed by atoms with Crippen molar-refractivity contribution in [2.24, 2.45) is 5.73 Å². The molecular formula is C12H20F3N3O2S. The van der Waals surface area contributed by atoms with Gasteiger partial charge in [-0.1, -0.05) is 12.2 Å². The predicted molar refractivity (Wildman–Crippen MR) is 75.9 cm³/mol. The number of piperidine rings is 1. The molecule has 0 spiro atoms. The van der Waals surface area contributed by atoms with Crippen molar-refractivity contribution in [1.82, 2.24) is 10.2 Å². The maximum absolute atomic E-state index is 11.9. The maximum atomic E-state index is 11.9. The first-order valence-electron chi connectivity index (χ1n) is 6.59. The third-order valence-electron chi connectivity index (χ3n) is 3.43. The van der Waals surface area contributed by atoms with Gasteiger partial charge < -0.3 is 20.7 Å². The molecule has 0 aromatic heterocycles. The van der Waals surface area contributed by atoms with Crippen molar-refractivity contribution < 1.29 is 22.7 Å². The summed E-state index contributed by atoms with van der Waals surface area (Å²) in [6, 6.07) is 0. The molecule has 5 nitrogen and oxygen atoms in total. The van der Waals surface area contributed by atoms with E-state index >= 15 is 0 Å². The number of hydrogen-bond acceptors (Lipinski definition) is 4. The number of nitrogens with one attached hydrogen (secondary N) is 1. The molecule has 1 rings (SSSR count). The van der Waals surface area contributed by atoms with Crippen molar-refractivity contribution in [2.75, 3.05) is 33.4 Å². The van der Waals surface area contributed by atoms with Gasteiger partial charge in [0.25, 0.3) is 0 Å². The van der Waals surface area contributed by atoms with Gasteiger partial charge in [-0.05, 0) is 19.9 Å². The Hall–Kier alpha value is -0.930. The van der Waals surface area contributed by atoms with Gasteiger partial charge in [-0.25, -0.2) is 0 Å². The fraction of sp³-hybridized carbons (Fsp3) is 0.833. The molecule has 1 amide bonds. The second-order valence-electron chi connectivity index (χ2n) is 5.22. The third-order valence-corrected chi connectivity index (χ3v) is 3.82. The van der Waals surface area contributed by atoms with Crippen LogP contribution in [0.15, 0.2) is 0 Å². The van der Waals surface area contributed by atoms with Crippen molar-refractivity contribution in [3.05, 3.63) is 0 Å². The zero-order valence-electron chi connectivity index (χ0n) is 11.8. The molecule has 0 aliphatic carbocycles. The van der Waals surface area contributed by atoms with E-state index in [0.29, 0.717) is 12.8 Å². The molecule has 1 heterocycles. The molecule has 0 aromatic rings. The van der Waals surface area contributed by atoms with Gasteiger partial charge in [-0.2, -0.15) is 13.2 Å². The Morgan fingerprint density at radius 1 is 1.43 bits per heavy atom. The van der Waals surface area contributed by atoms with Crippen molar-refractivity contribution in [2.45, 2.75) is 31.0 Å². The van der Waals surface area contributed by atoms with Crippen LogP contribution >= 0.6 is 12.2 Å².